The summed E-state index contributed by atoms with van der Waals surface area (Å²) >= 11 is 0. The van der Waals surface area contributed by atoms with E-state index in [1.807, 2.05) is 0 Å². The second-order valence-electron chi connectivity index (χ2n) is 6.72. The van der Waals surface area contributed by atoms with Gasteiger partial charge in [-0.2, -0.15) is 0 Å². The van der Waals surface area contributed by atoms with Gasteiger partial charge in [0.05, 0.1) is 33.6 Å². The zero-order valence-corrected chi connectivity index (χ0v) is 16.7. The largest absolute Gasteiger partial charge is 0.496 e. The highest BCUT2D eigenvalue weighted by atomic mass is 19.1. The number of carbonyl (C=O) groups is 1. The molecule has 156 valence electrons. The van der Waals surface area contributed by atoms with Crippen LogP contribution in [0.15, 0.2) is 24.3 Å². The maximum atomic E-state index is 14.3. The van der Waals surface area contributed by atoms with E-state index < -0.39 is 11.6 Å². The van der Waals surface area contributed by atoms with Gasteiger partial charge in [0.2, 0.25) is 5.91 Å². The first kappa shape index (κ1) is 20.7. The van der Waals surface area contributed by atoms with E-state index >= 15 is 0 Å². The van der Waals surface area contributed by atoms with Crippen molar-refractivity contribution in [2.24, 2.45) is 0 Å². The first-order valence-corrected chi connectivity index (χ1v) is 9.25. The number of benzene rings is 2. The van der Waals surface area contributed by atoms with Gasteiger partial charge in [-0.15, -0.1) is 0 Å². The van der Waals surface area contributed by atoms with E-state index in [2.05, 4.69) is 5.32 Å². The molecule has 2 aromatic carbocycles. The summed E-state index contributed by atoms with van der Waals surface area (Å²) in [5.41, 5.74) is 1.60. The summed E-state index contributed by atoms with van der Waals surface area (Å²) in [5.74, 6) is 0.0621. The molecule has 0 atom stereocenters. The normalized spacial score (nSPS) is 12.9. The van der Waals surface area contributed by atoms with E-state index in [1.54, 1.807) is 17.0 Å². The van der Waals surface area contributed by atoms with Crippen LogP contribution in [-0.2, 0) is 17.8 Å². The van der Waals surface area contributed by atoms with Crippen molar-refractivity contribution in [3.63, 3.8) is 0 Å². The lowest BCUT2D eigenvalue weighted by Crippen LogP contribution is -2.40. The Bertz CT molecular complexity index is 905. The molecule has 0 radical (unpaired) electrons. The van der Waals surface area contributed by atoms with Crippen LogP contribution in [0.3, 0.4) is 0 Å². The molecule has 8 heteroatoms. The van der Waals surface area contributed by atoms with E-state index in [0.717, 1.165) is 12.5 Å². The van der Waals surface area contributed by atoms with Crippen LogP contribution < -0.4 is 24.4 Å². The van der Waals surface area contributed by atoms with Crippen LogP contribution in [0, 0.1) is 11.6 Å². The Morgan fingerprint density at radius 3 is 2.41 bits per heavy atom. The SMILES string of the molecule is COc1cc(OC)c(OC)cc1CNC(=O)CN1CCCc2cc(F)cc(F)c21. The molecular formula is C21H24F2N2O4. The molecule has 0 aliphatic carbocycles. The van der Waals surface area contributed by atoms with E-state index in [-0.39, 0.29) is 19.0 Å². The summed E-state index contributed by atoms with van der Waals surface area (Å²) in [6, 6.07) is 5.60. The number of carbonyl (C=O) groups excluding carboxylic acids is 1. The molecule has 0 fully saturated rings. The predicted molar refractivity (Wildman–Crippen MR) is 105 cm³/mol. The molecule has 1 N–H and O–H groups in total. The van der Waals surface area contributed by atoms with Crippen LogP contribution in [0.1, 0.15) is 17.5 Å². The molecular weight excluding hydrogens is 382 g/mol. The fourth-order valence-electron chi connectivity index (χ4n) is 3.55. The second kappa shape index (κ2) is 8.98. The Hall–Kier alpha value is -3.03. The van der Waals surface area contributed by atoms with Crippen LogP contribution in [0.25, 0.3) is 0 Å². The molecule has 1 aliphatic heterocycles. The number of rotatable bonds is 7. The summed E-state index contributed by atoms with van der Waals surface area (Å²) in [5, 5.41) is 2.82. The first-order valence-electron chi connectivity index (χ1n) is 9.25. The van der Waals surface area contributed by atoms with Gasteiger partial charge in [-0.05, 0) is 30.5 Å². The Balaban J connectivity index is 1.70. The number of nitrogens with one attached hydrogen (secondary N) is 1. The lowest BCUT2D eigenvalue weighted by Gasteiger charge is -2.31. The first-order chi connectivity index (χ1) is 14.0. The molecule has 0 spiro atoms. The number of ether oxygens (including phenoxy) is 3. The third-order valence-corrected chi connectivity index (χ3v) is 4.89. The summed E-state index contributed by atoms with van der Waals surface area (Å²) in [6.07, 6.45) is 1.32. The monoisotopic (exact) mass is 406 g/mol. The van der Waals surface area contributed by atoms with E-state index in [0.29, 0.717) is 47.0 Å². The van der Waals surface area contributed by atoms with Gasteiger partial charge in [0.15, 0.2) is 11.5 Å². The van der Waals surface area contributed by atoms with Crippen LogP contribution in [-0.4, -0.2) is 40.3 Å². The zero-order chi connectivity index (χ0) is 21.0. The van der Waals surface area contributed by atoms with Crippen LogP contribution in [0.4, 0.5) is 14.5 Å². The Morgan fingerprint density at radius 1 is 1.03 bits per heavy atom. The fraction of sp³-hybridized carbons (Fsp3) is 0.381. The summed E-state index contributed by atoms with van der Waals surface area (Å²) in [7, 11) is 4.58. The molecule has 3 rings (SSSR count). The molecule has 29 heavy (non-hydrogen) atoms. The fourth-order valence-corrected chi connectivity index (χ4v) is 3.55. The van der Waals surface area contributed by atoms with Crippen LogP contribution in [0.2, 0.25) is 0 Å². The average molecular weight is 406 g/mol. The minimum atomic E-state index is -0.644. The number of methoxy groups -OCH3 is 3. The van der Waals surface area contributed by atoms with Crippen LogP contribution in [0.5, 0.6) is 17.2 Å². The summed E-state index contributed by atoms with van der Waals surface area (Å²) in [4.78, 5) is 14.2. The Kier molecular flexibility index (Phi) is 6.41. The lowest BCUT2D eigenvalue weighted by molar-refractivity contribution is -0.119. The van der Waals surface area contributed by atoms with Crippen molar-refractivity contribution < 1.29 is 27.8 Å². The number of hydrogen-bond donors (Lipinski definition) is 1. The summed E-state index contributed by atoms with van der Waals surface area (Å²) < 4.78 is 43.7. The van der Waals surface area contributed by atoms with Gasteiger partial charge in [0, 0.05) is 30.8 Å². The van der Waals surface area contributed by atoms with Gasteiger partial charge < -0.3 is 24.4 Å². The summed E-state index contributed by atoms with van der Waals surface area (Å²) in [6.45, 7) is 0.711. The Labute approximate surface area is 168 Å². The lowest BCUT2D eigenvalue weighted by atomic mass is 10.0. The van der Waals surface area contributed by atoms with Crippen molar-refractivity contribution in [1.29, 1.82) is 0 Å². The molecule has 1 amide bonds. The van der Waals surface area contributed by atoms with Crippen molar-refractivity contribution in [3.05, 3.63) is 47.0 Å². The van der Waals surface area contributed by atoms with Gasteiger partial charge in [0.25, 0.3) is 0 Å². The quantitative estimate of drug-likeness (QED) is 0.766. The number of amides is 1. The third-order valence-electron chi connectivity index (χ3n) is 4.89. The molecule has 0 unspecified atom stereocenters. The predicted octanol–water partition coefficient (Wildman–Crippen LogP) is 3.06. The van der Waals surface area contributed by atoms with Crippen molar-refractivity contribution >= 4 is 11.6 Å². The van der Waals surface area contributed by atoms with Crippen molar-refractivity contribution in [3.8, 4) is 17.2 Å². The van der Waals surface area contributed by atoms with Crippen molar-refractivity contribution in [2.45, 2.75) is 19.4 Å². The van der Waals surface area contributed by atoms with E-state index in [4.69, 9.17) is 14.2 Å². The maximum Gasteiger partial charge on any atom is 0.239 e. The minimum absolute atomic E-state index is 0.0227. The molecule has 0 saturated heterocycles. The molecule has 1 heterocycles. The number of halogens is 2. The van der Waals surface area contributed by atoms with Gasteiger partial charge >= 0.3 is 0 Å². The highest BCUT2D eigenvalue weighted by Gasteiger charge is 2.24. The highest BCUT2D eigenvalue weighted by molar-refractivity contribution is 5.82. The van der Waals surface area contributed by atoms with Crippen molar-refractivity contribution in [2.75, 3.05) is 39.3 Å². The minimum Gasteiger partial charge on any atom is -0.496 e. The van der Waals surface area contributed by atoms with Gasteiger partial charge in [-0.25, -0.2) is 8.78 Å². The smallest absolute Gasteiger partial charge is 0.239 e. The van der Waals surface area contributed by atoms with E-state index in [9.17, 15) is 13.6 Å². The van der Waals surface area contributed by atoms with Gasteiger partial charge in [-0.3, -0.25) is 4.79 Å². The number of hydrogen-bond acceptors (Lipinski definition) is 5. The average Bonchev–Trinajstić information content (AvgIpc) is 2.71. The van der Waals surface area contributed by atoms with E-state index in [1.165, 1.54) is 27.4 Å². The second-order valence-corrected chi connectivity index (χ2v) is 6.72. The third kappa shape index (κ3) is 4.52. The number of nitrogens with zero attached hydrogens (tertiary/aromatic N) is 1. The highest BCUT2D eigenvalue weighted by Crippen LogP contribution is 2.34. The molecule has 0 saturated carbocycles. The Morgan fingerprint density at radius 2 is 1.72 bits per heavy atom. The van der Waals surface area contributed by atoms with Gasteiger partial charge in [-0.1, -0.05) is 0 Å². The zero-order valence-electron chi connectivity index (χ0n) is 16.7. The standard InChI is InChI=1S/C21H24F2N2O4/c1-27-17-10-19(29-3)18(28-2)8-14(17)11-24-20(26)12-25-6-4-5-13-7-15(22)9-16(23)21(13)25/h7-10H,4-6,11-12H2,1-3H3,(H,24,26). The molecule has 1 aliphatic rings. The molecule has 2 aromatic rings. The maximum absolute atomic E-state index is 14.3. The topological polar surface area (TPSA) is 60.0 Å². The number of anilines is 1. The van der Waals surface area contributed by atoms with Crippen LogP contribution >= 0.6 is 0 Å². The number of aryl methyl sites for hydroxylation is 1. The molecule has 0 bridgehead atoms. The molecule has 6 nitrogen and oxygen atoms in total. The van der Waals surface area contributed by atoms with Crippen molar-refractivity contribution in [1.82, 2.24) is 5.32 Å². The molecule has 0 aromatic heterocycles. The number of fused-ring (bicyclic) bond motifs is 1. The van der Waals surface area contributed by atoms with Gasteiger partial charge in [0.1, 0.15) is 17.4 Å².